The van der Waals surface area contributed by atoms with Crippen LogP contribution in [0.15, 0.2) is 24.8 Å². The van der Waals surface area contributed by atoms with E-state index in [-0.39, 0.29) is 10.6 Å². The quantitative estimate of drug-likeness (QED) is 0.566. The highest BCUT2D eigenvalue weighted by atomic mass is 16.6. The van der Waals surface area contributed by atoms with Crippen molar-refractivity contribution in [1.82, 2.24) is 0 Å². The molecule has 0 spiro atoms. The van der Waals surface area contributed by atoms with Crippen LogP contribution in [0.2, 0.25) is 0 Å². The van der Waals surface area contributed by atoms with Crippen molar-refractivity contribution < 1.29 is 4.92 Å². The van der Waals surface area contributed by atoms with Crippen LogP contribution in [-0.4, -0.2) is 18.0 Å². The molecule has 1 aromatic rings. The monoisotopic (exact) mass is 220 g/mol. The van der Waals surface area contributed by atoms with Crippen LogP contribution in [0.3, 0.4) is 0 Å². The summed E-state index contributed by atoms with van der Waals surface area (Å²) in [5.74, 6) is 0. The minimum atomic E-state index is -0.343. The molecule has 0 amide bonds. The van der Waals surface area contributed by atoms with E-state index in [2.05, 4.69) is 6.58 Å². The summed E-state index contributed by atoms with van der Waals surface area (Å²) >= 11 is 0. The maximum Gasteiger partial charge on any atom is 0.299 e. The second-order valence-corrected chi connectivity index (χ2v) is 3.35. The van der Waals surface area contributed by atoms with Crippen LogP contribution in [0.5, 0.6) is 0 Å². The first-order valence-corrected chi connectivity index (χ1v) is 5.30. The number of hydrogen-bond acceptors (Lipinski definition) is 3. The number of benzene rings is 1. The molecule has 0 radical (unpaired) electrons. The van der Waals surface area contributed by atoms with Gasteiger partial charge in [-0.3, -0.25) is 10.1 Å². The van der Waals surface area contributed by atoms with E-state index >= 15 is 0 Å². The Balaban J connectivity index is 3.37. The van der Waals surface area contributed by atoms with E-state index in [0.717, 1.165) is 13.1 Å². The first kappa shape index (κ1) is 12.2. The van der Waals surface area contributed by atoms with Crippen LogP contribution in [0.25, 0.3) is 6.08 Å². The number of nitro benzene ring substituents is 1. The van der Waals surface area contributed by atoms with E-state index in [4.69, 9.17) is 0 Å². The van der Waals surface area contributed by atoms with Crippen molar-refractivity contribution in [3.8, 4) is 0 Å². The van der Waals surface area contributed by atoms with Crippen LogP contribution >= 0.6 is 0 Å². The largest absolute Gasteiger partial charge is 0.367 e. The minimum absolute atomic E-state index is 0.140. The molecule has 0 aliphatic heterocycles. The molecule has 0 saturated heterocycles. The van der Waals surface area contributed by atoms with Gasteiger partial charge in [0.1, 0.15) is 5.69 Å². The van der Waals surface area contributed by atoms with Crippen molar-refractivity contribution >= 4 is 17.5 Å². The molecule has 0 aromatic heterocycles. The molecule has 1 aromatic carbocycles. The highest BCUT2D eigenvalue weighted by Crippen LogP contribution is 2.32. The van der Waals surface area contributed by atoms with E-state index < -0.39 is 0 Å². The molecule has 0 unspecified atom stereocenters. The molecule has 16 heavy (non-hydrogen) atoms. The summed E-state index contributed by atoms with van der Waals surface area (Å²) in [6.07, 6.45) is 1.52. The van der Waals surface area contributed by atoms with E-state index in [1.807, 2.05) is 24.8 Å². The van der Waals surface area contributed by atoms with E-state index in [9.17, 15) is 10.1 Å². The Hall–Kier alpha value is -1.84. The number of nitrogens with zero attached hydrogens (tertiary/aromatic N) is 2. The fourth-order valence-electron chi connectivity index (χ4n) is 1.73. The molecular formula is C12H16N2O2. The van der Waals surface area contributed by atoms with Gasteiger partial charge in [0.25, 0.3) is 5.69 Å². The van der Waals surface area contributed by atoms with Gasteiger partial charge in [-0.15, -0.1) is 0 Å². The maximum atomic E-state index is 11.1. The lowest BCUT2D eigenvalue weighted by molar-refractivity contribution is -0.384. The van der Waals surface area contributed by atoms with Crippen LogP contribution in [0, 0.1) is 10.1 Å². The Bertz CT molecular complexity index is 398. The zero-order chi connectivity index (χ0) is 12.1. The molecule has 0 N–H and O–H groups in total. The van der Waals surface area contributed by atoms with Gasteiger partial charge in [0.2, 0.25) is 0 Å². The second-order valence-electron chi connectivity index (χ2n) is 3.35. The molecular weight excluding hydrogens is 204 g/mol. The molecule has 0 aliphatic carbocycles. The molecule has 0 aliphatic rings. The lowest BCUT2D eigenvalue weighted by Crippen LogP contribution is -2.23. The number of nitro groups is 1. The summed E-state index contributed by atoms with van der Waals surface area (Å²) in [5.41, 5.74) is 1.36. The van der Waals surface area contributed by atoms with Crippen molar-refractivity contribution in [3.05, 3.63) is 40.5 Å². The fraction of sp³-hybridized carbons (Fsp3) is 0.333. The Morgan fingerprint density at radius 1 is 1.44 bits per heavy atom. The average molecular weight is 220 g/mol. The molecule has 0 atom stereocenters. The summed E-state index contributed by atoms with van der Waals surface area (Å²) < 4.78 is 0. The van der Waals surface area contributed by atoms with Gasteiger partial charge in [-0.1, -0.05) is 18.7 Å². The highest BCUT2D eigenvalue weighted by Gasteiger charge is 2.20. The smallest absolute Gasteiger partial charge is 0.299 e. The van der Waals surface area contributed by atoms with Crippen molar-refractivity contribution in [2.24, 2.45) is 0 Å². The highest BCUT2D eigenvalue weighted by molar-refractivity contribution is 5.73. The Morgan fingerprint density at radius 3 is 2.50 bits per heavy atom. The van der Waals surface area contributed by atoms with Gasteiger partial charge in [-0.2, -0.15) is 0 Å². The van der Waals surface area contributed by atoms with Gasteiger partial charge in [-0.05, 0) is 26.0 Å². The third-order valence-corrected chi connectivity index (χ3v) is 2.55. The third kappa shape index (κ3) is 2.21. The normalized spacial score (nSPS) is 9.88. The maximum absolute atomic E-state index is 11.1. The number of rotatable bonds is 5. The summed E-state index contributed by atoms with van der Waals surface area (Å²) in [5, 5.41) is 11.1. The molecule has 1 rings (SSSR count). The molecule has 4 nitrogen and oxygen atoms in total. The Labute approximate surface area is 95.3 Å². The molecule has 0 heterocycles. The van der Waals surface area contributed by atoms with Crippen LogP contribution < -0.4 is 4.90 Å². The van der Waals surface area contributed by atoms with Crippen LogP contribution in [0.1, 0.15) is 19.4 Å². The summed E-state index contributed by atoms with van der Waals surface area (Å²) in [6, 6.07) is 5.30. The molecule has 4 heteroatoms. The number of hydrogen-bond donors (Lipinski definition) is 0. The number of para-hydroxylation sites is 1. The summed E-state index contributed by atoms with van der Waals surface area (Å²) in [7, 11) is 0. The van der Waals surface area contributed by atoms with E-state index in [1.165, 1.54) is 6.08 Å². The van der Waals surface area contributed by atoms with Gasteiger partial charge in [0.05, 0.1) is 10.5 Å². The predicted octanol–water partition coefficient (Wildman–Crippen LogP) is 3.08. The van der Waals surface area contributed by atoms with Gasteiger partial charge in [0, 0.05) is 13.1 Å². The SMILES string of the molecule is C=Cc1cccc(N(CC)CC)c1[N+](=O)[O-]. The second kappa shape index (κ2) is 5.30. The third-order valence-electron chi connectivity index (χ3n) is 2.55. The molecule has 0 fully saturated rings. The standard InChI is InChI=1S/C12H16N2O2/c1-4-10-8-7-9-11(12(10)14(15)16)13(5-2)6-3/h4,7-9H,1,5-6H2,2-3H3. The van der Waals surface area contributed by atoms with E-state index in [1.54, 1.807) is 12.1 Å². The van der Waals surface area contributed by atoms with Crippen molar-refractivity contribution in [1.29, 1.82) is 0 Å². The van der Waals surface area contributed by atoms with Gasteiger partial charge >= 0.3 is 0 Å². The topological polar surface area (TPSA) is 46.4 Å². The fourth-order valence-corrected chi connectivity index (χ4v) is 1.73. The van der Waals surface area contributed by atoms with Crippen LogP contribution in [-0.2, 0) is 0 Å². The lowest BCUT2D eigenvalue weighted by Gasteiger charge is -2.21. The first-order valence-electron chi connectivity index (χ1n) is 5.30. The van der Waals surface area contributed by atoms with Gasteiger partial charge < -0.3 is 4.90 Å². The lowest BCUT2D eigenvalue weighted by atomic mass is 10.1. The Morgan fingerprint density at radius 2 is 2.06 bits per heavy atom. The van der Waals surface area contributed by atoms with Crippen molar-refractivity contribution in [2.45, 2.75) is 13.8 Å². The van der Waals surface area contributed by atoms with Crippen molar-refractivity contribution in [3.63, 3.8) is 0 Å². The van der Waals surface area contributed by atoms with E-state index in [0.29, 0.717) is 11.3 Å². The van der Waals surface area contributed by atoms with Crippen LogP contribution in [0.4, 0.5) is 11.4 Å². The average Bonchev–Trinajstić information content (AvgIpc) is 2.30. The molecule has 0 bridgehead atoms. The summed E-state index contributed by atoms with van der Waals surface area (Å²) in [6.45, 7) is 9.06. The predicted molar refractivity (Wildman–Crippen MR) is 66.7 cm³/mol. The Kier molecular flexibility index (Phi) is 4.05. The molecule has 86 valence electrons. The number of anilines is 1. The van der Waals surface area contributed by atoms with Gasteiger partial charge in [-0.25, -0.2) is 0 Å². The van der Waals surface area contributed by atoms with Crippen molar-refractivity contribution in [2.75, 3.05) is 18.0 Å². The summed E-state index contributed by atoms with van der Waals surface area (Å²) in [4.78, 5) is 12.7. The zero-order valence-corrected chi connectivity index (χ0v) is 9.64. The zero-order valence-electron chi connectivity index (χ0n) is 9.64. The minimum Gasteiger partial charge on any atom is -0.367 e. The first-order chi connectivity index (χ1) is 7.65. The van der Waals surface area contributed by atoms with Gasteiger partial charge in [0.15, 0.2) is 0 Å². The molecule has 0 saturated carbocycles.